The third-order valence-corrected chi connectivity index (χ3v) is 3.13. The van der Waals surface area contributed by atoms with Crippen molar-refractivity contribution in [1.82, 2.24) is 10.3 Å². The highest BCUT2D eigenvalue weighted by Crippen LogP contribution is 2.19. The van der Waals surface area contributed by atoms with Crippen LogP contribution in [-0.4, -0.2) is 34.1 Å². The van der Waals surface area contributed by atoms with Crippen LogP contribution in [0, 0.1) is 0 Å². The van der Waals surface area contributed by atoms with Gasteiger partial charge in [0.1, 0.15) is 6.04 Å². The van der Waals surface area contributed by atoms with Gasteiger partial charge in [0.25, 0.3) is 0 Å². The van der Waals surface area contributed by atoms with Gasteiger partial charge >= 0.3 is 5.97 Å². The maximum Gasteiger partial charge on any atom is 0.326 e. The van der Waals surface area contributed by atoms with E-state index < -0.39 is 24.0 Å². The maximum atomic E-state index is 11.5. The number of rotatable bonds is 5. The summed E-state index contributed by atoms with van der Waals surface area (Å²) in [5.41, 5.74) is 7.22. The molecule has 0 bridgehead atoms. The molecule has 0 radical (unpaired) electrons. The van der Waals surface area contributed by atoms with Gasteiger partial charge in [-0.1, -0.05) is 18.2 Å². The van der Waals surface area contributed by atoms with Crippen molar-refractivity contribution in [2.75, 3.05) is 0 Å². The molecule has 2 aromatic rings. The quantitative estimate of drug-likeness (QED) is 0.641. The van der Waals surface area contributed by atoms with E-state index in [9.17, 15) is 14.7 Å². The Bertz CT molecular complexity index is 633. The first-order chi connectivity index (χ1) is 9.49. The summed E-state index contributed by atoms with van der Waals surface area (Å²) in [4.78, 5) is 25.9. The lowest BCUT2D eigenvalue weighted by Crippen LogP contribution is -2.48. The first-order valence-corrected chi connectivity index (χ1v) is 6.33. The third-order valence-electron chi connectivity index (χ3n) is 3.13. The van der Waals surface area contributed by atoms with Crippen LogP contribution in [0.25, 0.3) is 10.9 Å². The average molecular weight is 275 g/mol. The SMILES string of the molecule is C[C@H](N)C(=O)NC(Cc1c[nH]c2ccccc12)C(=O)O. The number of nitrogens with two attached hydrogens (primary N) is 1. The van der Waals surface area contributed by atoms with Crippen LogP contribution >= 0.6 is 0 Å². The number of aromatic amines is 1. The topological polar surface area (TPSA) is 108 Å². The van der Waals surface area contributed by atoms with E-state index >= 15 is 0 Å². The van der Waals surface area contributed by atoms with E-state index in [1.165, 1.54) is 6.92 Å². The zero-order valence-corrected chi connectivity index (χ0v) is 11.1. The lowest BCUT2D eigenvalue weighted by Gasteiger charge is -2.15. The molecular formula is C14H17N3O3. The highest BCUT2D eigenvalue weighted by molar-refractivity contribution is 5.88. The van der Waals surface area contributed by atoms with Gasteiger partial charge < -0.3 is 21.1 Å². The van der Waals surface area contributed by atoms with Crippen molar-refractivity contribution in [3.63, 3.8) is 0 Å². The summed E-state index contributed by atoms with van der Waals surface area (Å²) >= 11 is 0. The second kappa shape index (κ2) is 5.75. The normalized spacial score (nSPS) is 13.9. The van der Waals surface area contributed by atoms with E-state index in [1.54, 1.807) is 6.20 Å². The van der Waals surface area contributed by atoms with E-state index in [2.05, 4.69) is 10.3 Å². The molecule has 0 saturated heterocycles. The molecule has 1 heterocycles. The Hall–Kier alpha value is -2.34. The minimum atomic E-state index is -1.08. The average Bonchev–Trinajstić information content (AvgIpc) is 2.81. The van der Waals surface area contributed by atoms with Crippen LogP contribution in [0.5, 0.6) is 0 Å². The largest absolute Gasteiger partial charge is 0.480 e. The number of carboxylic acid groups (broad SMARTS) is 1. The molecule has 0 spiro atoms. The number of carboxylic acids is 1. The molecule has 5 N–H and O–H groups in total. The summed E-state index contributed by atoms with van der Waals surface area (Å²) in [5, 5.41) is 12.6. The van der Waals surface area contributed by atoms with E-state index in [1.807, 2.05) is 24.3 Å². The second-order valence-electron chi connectivity index (χ2n) is 4.75. The van der Waals surface area contributed by atoms with Gasteiger partial charge in [-0.25, -0.2) is 4.79 Å². The number of H-pyrrole nitrogens is 1. The van der Waals surface area contributed by atoms with Crippen molar-refractivity contribution < 1.29 is 14.7 Å². The number of fused-ring (bicyclic) bond motifs is 1. The summed E-state index contributed by atoms with van der Waals surface area (Å²) < 4.78 is 0. The number of carbonyl (C=O) groups is 2. The Kier molecular flexibility index (Phi) is 4.05. The van der Waals surface area contributed by atoms with Crippen molar-refractivity contribution in [2.45, 2.75) is 25.4 Å². The lowest BCUT2D eigenvalue weighted by atomic mass is 10.0. The van der Waals surface area contributed by atoms with Gasteiger partial charge in [-0.2, -0.15) is 0 Å². The van der Waals surface area contributed by atoms with E-state index in [4.69, 9.17) is 5.73 Å². The first-order valence-electron chi connectivity index (χ1n) is 6.33. The maximum absolute atomic E-state index is 11.5. The summed E-state index contributed by atoms with van der Waals surface area (Å²) in [7, 11) is 0. The Morgan fingerprint density at radius 2 is 2.10 bits per heavy atom. The molecule has 106 valence electrons. The second-order valence-corrected chi connectivity index (χ2v) is 4.75. The molecule has 6 heteroatoms. The van der Waals surface area contributed by atoms with E-state index in [0.717, 1.165) is 16.5 Å². The molecule has 2 rings (SSSR count). The molecule has 1 amide bonds. The summed E-state index contributed by atoms with van der Waals surface area (Å²) in [6, 6.07) is 5.88. The number of aliphatic carboxylic acids is 1. The molecule has 1 unspecified atom stereocenters. The van der Waals surface area contributed by atoms with Crippen molar-refractivity contribution >= 4 is 22.8 Å². The molecule has 0 aliphatic carbocycles. The van der Waals surface area contributed by atoms with Gasteiger partial charge in [0.05, 0.1) is 6.04 Å². The fraction of sp³-hybridized carbons (Fsp3) is 0.286. The van der Waals surface area contributed by atoms with Gasteiger partial charge in [-0.15, -0.1) is 0 Å². The number of para-hydroxylation sites is 1. The van der Waals surface area contributed by atoms with E-state index in [0.29, 0.717) is 0 Å². The van der Waals surface area contributed by atoms with Crippen LogP contribution < -0.4 is 11.1 Å². The predicted molar refractivity (Wildman–Crippen MR) is 75.2 cm³/mol. The van der Waals surface area contributed by atoms with Crippen LogP contribution in [-0.2, 0) is 16.0 Å². The molecule has 2 atom stereocenters. The molecule has 0 aliphatic rings. The van der Waals surface area contributed by atoms with Gasteiger partial charge in [-0.05, 0) is 18.6 Å². The van der Waals surface area contributed by atoms with Crippen LogP contribution in [0.4, 0.5) is 0 Å². The Morgan fingerprint density at radius 1 is 1.40 bits per heavy atom. The molecular weight excluding hydrogens is 258 g/mol. The van der Waals surface area contributed by atoms with Crippen molar-refractivity contribution in [2.24, 2.45) is 5.73 Å². The number of benzene rings is 1. The summed E-state index contributed by atoms with van der Waals surface area (Å²) in [6.45, 7) is 1.51. The van der Waals surface area contributed by atoms with Crippen LogP contribution in [0.2, 0.25) is 0 Å². The molecule has 0 fully saturated rings. The molecule has 6 nitrogen and oxygen atoms in total. The number of aromatic nitrogens is 1. The van der Waals surface area contributed by atoms with Crippen LogP contribution in [0.15, 0.2) is 30.5 Å². The van der Waals surface area contributed by atoms with Crippen molar-refractivity contribution in [3.05, 3.63) is 36.0 Å². The zero-order valence-electron chi connectivity index (χ0n) is 11.1. The predicted octanol–water partition coefficient (Wildman–Crippen LogP) is 0.627. The molecule has 1 aromatic heterocycles. The highest BCUT2D eigenvalue weighted by Gasteiger charge is 2.22. The monoisotopic (exact) mass is 275 g/mol. The summed E-state index contributed by atoms with van der Waals surface area (Å²) in [5.74, 6) is -1.55. The number of carbonyl (C=O) groups excluding carboxylic acids is 1. The highest BCUT2D eigenvalue weighted by atomic mass is 16.4. The minimum Gasteiger partial charge on any atom is -0.480 e. The third kappa shape index (κ3) is 2.97. The van der Waals surface area contributed by atoms with Gasteiger partial charge in [0.15, 0.2) is 0 Å². The van der Waals surface area contributed by atoms with Gasteiger partial charge in [-0.3, -0.25) is 4.79 Å². The standard InChI is InChI=1S/C14H17N3O3/c1-8(15)13(18)17-12(14(19)20)6-9-7-16-11-5-3-2-4-10(9)11/h2-5,7-8,12,16H,6,15H2,1H3,(H,17,18)(H,19,20)/t8-,12?/m0/s1. The van der Waals surface area contributed by atoms with Crippen molar-refractivity contribution in [1.29, 1.82) is 0 Å². The number of amides is 1. The Balaban J connectivity index is 2.20. The molecule has 0 aliphatic heterocycles. The fourth-order valence-corrected chi connectivity index (χ4v) is 2.02. The summed E-state index contributed by atoms with van der Waals surface area (Å²) in [6.07, 6.45) is 1.97. The zero-order chi connectivity index (χ0) is 14.7. The fourth-order valence-electron chi connectivity index (χ4n) is 2.02. The van der Waals surface area contributed by atoms with E-state index in [-0.39, 0.29) is 6.42 Å². The first kappa shape index (κ1) is 14.1. The Labute approximate surface area is 116 Å². The van der Waals surface area contributed by atoms with Crippen LogP contribution in [0.3, 0.4) is 0 Å². The lowest BCUT2D eigenvalue weighted by molar-refractivity contribution is -0.141. The molecule has 1 aromatic carbocycles. The minimum absolute atomic E-state index is 0.206. The molecule has 20 heavy (non-hydrogen) atoms. The number of hydrogen-bond donors (Lipinski definition) is 4. The van der Waals surface area contributed by atoms with Gasteiger partial charge in [0, 0.05) is 23.5 Å². The van der Waals surface area contributed by atoms with Gasteiger partial charge in [0.2, 0.25) is 5.91 Å². The van der Waals surface area contributed by atoms with Crippen LogP contribution in [0.1, 0.15) is 12.5 Å². The Morgan fingerprint density at radius 3 is 2.75 bits per heavy atom. The smallest absolute Gasteiger partial charge is 0.326 e. The van der Waals surface area contributed by atoms with Crippen molar-refractivity contribution in [3.8, 4) is 0 Å². The number of hydrogen-bond acceptors (Lipinski definition) is 3. The number of nitrogens with one attached hydrogen (secondary N) is 2. The molecule has 0 saturated carbocycles.